The van der Waals surface area contributed by atoms with Crippen LogP contribution in [0.4, 0.5) is 0 Å². The first-order valence-electron chi connectivity index (χ1n) is 19.0. The Morgan fingerprint density at radius 2 is 1.12 bits per heavy atom. The molecule has 3 heterocycles. The van der Waals surface area contributed by atoms with Gasteiger partial charge in [-0.3, -0.25) is 4.98 Å². The van der Waals surface area contributed by atoms with Gasteiger partial charge in [0.25, 0.3) is 0 Å². The van der Waals surface area contributed by atoms with Gasteiger partial charge in [-0.25, -0.2) is 0 Å². The van der Waals surface area contributed by atoms with Crippen LogP contribution in [0.1, 0.15) is 0 Å². The third kappa shape index (κ3) is 7.14. The van der Waals surface area contributed by atoms with Crippen LogP contribution in [0.15, 0.2) is 199 Å². The van der Waals surface area contributed by atoms with Crippen LogP contribution in [-0.4, -0.2) is 14.5 Å². The fourth-order valence-corrected chi connectivity index (χ4v) is 7.62. The first-order valence-corrected chi connectivity index (χ1v) is 19.0. The van der Waals surface area contributed by atoms with Crippen LogP contribution in [0, 0.1) is 12.1 Å². The summed E-state index contributed by atoms with van der Waals surface area (Å²) in [6.07, 6.45) is 5.59. The third-order valence-corrected chi connectivity index (χ3v) is 10.6. The topological polar surface area (TPSA) is 43.9 Å². The molecule has 0 aliphatic carbocycles. The van der Waals surface area contributed by atoms with Crippen LogP contribution in [0.25, 0.3) is 99.5 Å². The molecule has 279 valence electrons. The quantitative estimate of drug-likeness (QED) is 0.128. The minimum atomic E-state index is 0. The Morgan fingerprint density at radius 1 is 0.466 bits per heavy atom. The van der Waals surface area contributed by atoms with Crippen molar-refractivity contribution < 1.29 is 24.5 Å². The van der Waals surface area contributed by atoms with E-state index < -0.39 is 0 Å². The van der Waals surface area contributed by atoms with Gasteiger partial charge in [0.1, 0.15) is 5.58 Å². The molecule has 1 radical (unpaired) electrons. The Balaban J connectivity index is 0.000000148. The molecule has 58 heavy (non-hydrogen) atoms. The molecular formula is C53H35IrN3O-2. The zero-order chi connectivity index (χ0) is 38.1. The number of nitrogens with zero attached hydrogens (tertiary/aromatic N) is 3. The van der Waals surface area contributed by atoms with Crippen LogP contribution in [0.2, 0.25) is 0 Å². The molecule has 0 atom stereocenters. The van der Waals surface area contributed by atoms with Gasteiger partial charge in [-0.15, -0.1) is 53.6 Å². The Labute approximate surface area is 350 Å². The van der Waals surface area contributed by atoms with Crippen molar-refractivity contribution in [2.75, 3.05) is 0 Å². The number of hydrogen-bond acceptors (Lipinski definition) is 3. The van der Waals surface area contributed by atoms with Crippen molar-refractivity contribution in [3.63, 3.8) is 0 Å². The van der Waals surface area contributed by atoms with Crippen molar-refractivity contribution in [2.45, 2.75) is 0 Å². The van der Waals surface area contributed by atoms with Gasteiger partial charge in [-0.05, 0) is 78.1 Å². The number of furan rings is 1. The summed E-state index contributed by atoms with van der Waals surface area (Å²) in [5.74, 6) is 0.883. The number of fused-ring (bicyclic) bond motifs is 6. The Hall–Kier alpha value is -6.91. The van der Waals surface area contributed by atoms with Crippen molar-refractivity contribution in [1.82, 2.24) is 14.5 Å². The summed E-state index contributed by atoms with van der Waals surface area (Å²) in [7, 11) is 1.98. The summed E-state index contributed by atoms with van der Waals surface area (Å²) in [5.41, 5.74) is 11.9. The maximum atomic E-state index is 6.23. The molecule has 0 fully saturated rings. The van der Waals surface area contributed by atoms with Gasteiger partial charge < -0.3 is 14.0 Å². The van der Waals surface area contributed by atoms with Crippen LogP contribution < -0.4 is 0 Å². The van der Waals surface area contributed by atoms with Crippen LogP contribution in [0.3, 0.4) is 0 Å². The van der Waals surface area contributed by atoms with Gasteiger partial charge in [-0.2, -0.15) is 0 Å². The molecule has 0 saturated heterocycles. The molecule has 0 aliphatic heterocycles. The van der Waals surface area contributed by atoms with Crippen LogP contribution >= 0.6 is 0 Å². The Morgan fingerprint density at radius 3 is 1.83 bits per heavy atom. The standard InChI is InChI=1S/C29H20N.C24H15N2O.Ir/c1-3-7-22(8-4-1)23-11-13-24(14-12-23)25-15-17-26(18-16-25)28-19-20-30-29(21-28)27-9-5-2-6-10-27;1-26-11-10-25-24(26)17-8-9-19-21-12-16-7-6-15-4-2-3-5-18(15)20(16)14-23(21)27-22(19)13-17;/h1-9,11-21H;2-7,9-14H,1H3;/q2*-1;. The van der Waals surface area contributed by atoms with Gasteiger partial charge in [0.2, 0.25) is 0 Å². The molecule has 0 bridgehead atoms. The molecule has 0 N–H and O–H groups in total. The number of benzene rings is 8. The van der Waals surface area contributed by atoms with Gasteiger partial charge in [0.05, 0.1) is 11.4 Å². The second kappa shape index (κ2) is 15.9. The molecule has 0 amide bonds. The monoisotopic (exact) mass is 922 g/mol. The largest absolute Gasteiger partial charge is 0.476 e. The maximum Gasteiger partial charge on any atom is 0.124 e. The zero-order valence-electron chi connectivity index (χ0n) is 31.6. The minimum Gasteiger partial charge on any atom is -0.476 e. The fourth-order valence-electron chi connectivity index (χ4n) is 7.62. The summed E-state index contributed by atoms with van der Waals surface area (Å²) < 4.78 is 8.22. The number of hydrogen-bond donors (Lipinski definition) is 0. The summed E-state index contributed by atoms with van der Waals surface area (Å²) in [5, 5.41) is 7.13. The summed E-state index contributed by atoms with van der Waals surface area (Å²) >= 11 is 0. The molecule has 4 nitrogen and oxygen atoms in total. The zero-order valence-corrected chi connectivity index (χ0v) is 34.0. The second-order valence-electron chi connectivity index (χ2n) is 14.2. The van der Waals surface area contributed by atoms with E-state index in [-0.39, 0.29) is 20.1 Å². The molecule has 0 spiro atoms. The summed E-state index contributed by atoms with van der Waals surface area (Å²) in [6, 6.07) is 67.9. The van der Waals surface area contributed by atoms with Gasteiger partial charge in [0, 0.05) is 45.7 Å². The maximum absolute atomic E-state index is 6.23. The first kappa shape index (κ1) is 36.7. The van der Waals surface area contributed by atoms with Crippen molar-refractivity contribution in [3.05, 3.63) is 207 Å². The summed E-state index contributed by atoms with van der Waals surface area (Å²) in [4.78, 5) is 8.92. The van der Waals surface area contributed by atoms with E-state index in [2.05, 4.69) is 156 Å². The molecule has 0 unspecified atom stereocenters. The van der Waals surface area contributed by atoms with E-state index in [9.17, 15) is 0 Å². The number of aromatic nitrogens is 3. The van der Waals surface area contributed by atoms with Crippen molar-refractivity contribution in [3.8, 4) is 56.0 Å². The van der Waals surface area contributed by atoms with E-state index in [1.54, 1.807) is 6.20 Å². The predicted octanol–water partition coefficient (Wildman–Crippen LogP) is 13.6. The van der Waals surface area contributed by atoms with E-state index in [1.165, 1.54) is 49.4 Å². The molecule has 0 saturated carbocycles. The van der Waals surface area contributed by atoms with Crippen molar-refractivity contribution in [1.29, 1.82) is 0 Å². The molecule has 0 aliphatic rings. The predicted molar refractivity (Wildman–Crippen MR) is 235 cm³/mol. The van der Waals surface area contributed by atoms with Gasteiger partial charge in [-0.1, -0.05) is 139 Å². The Kier molecular flexibility index (Phi) is 10.1. The number of pyridine rings is 1. The smallest absolute Gasteiger partial charge is 0.124 e. The fraction of sp³-hybridized carbons (Fsp3) is 0.0189. The Bertz CT molecular complexity index is 3170. The van der Waals surface area contributed by atoms with E-state index in [0.717, 1.165) is 50.1 Å². The van der Waals surface area contributed by atoms with Gasteiger partial charge >= 0.3 is 0 Å². The second-order valence-corrected chi connectivity index (χ2v) is 14.2. The molecule has 3 aromatic heterocycles. The molecule has 11 rings (SSSR count). The van der Waals surface area contributed by atoms with Crippen LogP contribution in [-0.2, 0) is 27.2 Å². The number of imidazole rings is 1. The van der Waals surface area contributed by atoms with Crippen molar-refractivity contribution >= 4 is 43.5 Å². The number of rotatable bonds is 5. The van der Waals surface area contributed by atoms with Crippen LogP contribution in [0.5, 0.6) is 0 Å². The van der Waals surface area contributed by atoms with E-state index in [0.29, 0.717) is 0 Å². The van der Waals surface area contributed by atoms with E-state index >= 15 is 0 Å². The minimum absolute atomic E-state index is 0. The third-order valence-electron chi connectivity index (χ3n) is 10.6. The normalized spacial score (nSPS) is 11.1. The van der Waals surface area contributed by atoms with Gasteiger partial charge in [0.15, 0.2) is 0 Å². The SMILES string of the molecule is Cn1ccnc1-c1[c-]cc2c(c1)oc1cc3c(ccc4ccccc43)cc12.[Ir].[c-]1ccccc1-c1cc(-c2ccc(-c3ccc(-c4ccccc4)cc3)cc2)ccn1. The average molecular weight is 922 g/mol. The molecular weight excluding hydrogens is 887 g/mol. The average Bonchev–Trinajstić information content (AvgIpc) is 3.88. The molecule has 11 aromatic rings. The molecule has 5 heteroatoms. The van der Waals surface area contributed by atoms with Crippen molar-refractivity contribution in [2.24, 2.45) is 7.05 Å². The first-order chi connectivity index (χ1) is 28.1. The van der Waals surface area contributed by atoms with E-state index in [4.69, 9.17) is 4.42 Å². The number of aryl methyl sites for hydroxylation is 1. The molecule has 8 aromatic carbocycles. The summed E-state index contributed by atoms with van der Waals surface area (Å²) in [6.45, 7) is 0. The van der Waals surface area contributed by atoms with E-state index in [1.807, 2.05) is 66.5 Å².